The van der Waals surface area contributed by atoms with Gasteiger partial charge in [0, 0.05) is 27.8 Å². The summed E-state index contributed by atoms with van der Waals surface area (Å²) in [5, 5.41) is 4.46. The largest absolute Gasteiger partial charge is 0.292 e. The quantitative estimate of drug-likeness (QED) is 0.430. The highest BCUT2D eigenvalue weighted by Crippen LogP contribution is 2.33. The number of benzene rings is 1. The lowest BCUT2D eigenvalue weighted by Crippen LogP contribution is -2.28. The maximum atomic E-state index is 13.5. The molecule has 0 fully saturated rings. The molecule has 0 atom stereocenters. The van der Waals surface area contributed by atoms with Crippen LogP contribution < -0.4 is 5.56 Å². The van der Waals surface area contributed by atoms with Crippen LogP contribution in [0.4, 0.5) is 4.39 Å². The van der Waals surface area contributed by atoms with E-state index in [1.165, 1.54) is 34.1 Å². The lowest BCUT2D eigenvalue weighted by molar-refractivity contribution is 0.0969. The molecule has 0 saturated carbocycles. The van der Waals surface area contributed by atoms with E-state index in [1.54, 1.807) is 18.3 Å². The molecule has 28 heavy (non-hydrogen) atoms. The highest BCUT2D eigenvalue weighted by molar-refractivity contribution is 7.18. The molecule has 0 bridgehead atoms. The first-order valence-electron chi connectivity index (χ1n) is 8.83. The summed E-state index contributed by atoms with van der Waals surface area (Å²) >= 11 is 3.00. The molecule has 0 saturated heterocycles. The lowest BCUT2D eigenvalue weighted by atomic mass is 10.1. The molecule has 4 aromatic rings. The van der Waals surface area contributed by atoms with Crippen molar-refractivity contribution in [2.45, 2.75) is 26.8 Å². The second-order valence-electron chi connectivity index (χ2n) is 6.47. The van der Waals surface area contributed by atoms with E-state index in [-0.39, 0.29) is 23.7 Å². The molecule has 3 heterocycles. The third kappa shape index (κ3) is 3.21. The maximum absolute atomic E-state index is 13.5. The molecule has 4 nitrogen and oxygen atoms in total. The molecule has 0 aliphatic heterocycles. The van der Waals surface area contributed by atoms with Crippen molar-refractivity contribution in [2.24, 2.45) is 0 Å². The number of halogens is 1. The third-order valence-electron chi connectivity index (χ3n) is 4.66. The van der Waals surface area contributed by atoms with E-state index in [2.05, 4.69) is 4.98 Å². The number of aromatic nitrogens is 2. The summed E-state index contributed by atoms with van der Waals surface area (Å²) < 4.78 is 15.0. The Morgan fingerprint density at radius 2 is 2.07 bits per heavy atom. The standard InChI is InChI=1S/C21H17FN2O2S2/c1-3-18-23-20-19(14(11-28-20)17-5-4-8-27-17)21(26)24(18)10-16(25)13-6-7-15(22)12(2)9-13/h4-9,11H,3,10H2,1-2H3. The number of hydrogen-bond acceptors (Lipinski definition) is 5. The van der Waals surface area contributed by atoms with Crippen LogP contribution in [-0.4, -0.2) is 15.3 Å². The average Bonchev–Trinajstić information content (AvgIpc) is 3.35. The number of fused-ring (bicyclic) bond motifs is 1. The van der Waals surface area contributed by atoms with E-state index in [1.807, 2.05) is 29.8 Å². The van der Waals surface area contributed by atoms with E-state index in [9.17, 15) is 14.0 Å². The summed E-state index contributed by atoms with van der Waals surface area (Å²) in [5.41, 5.74) is 1.43. The molecule has 0 aliphatic rings. The maximum Gasteiger partial charge on any atom is 0.263 e. The lowest BCUT2D eigenvalue weighted by Gasteiger charge is -2.11. The zero-order valence-corrected chi connectivity index (χ0v) is 17.0. The molecule has 1 aromatic carbocycles. The molecule has 0 N–H and O–H groups in total. The molecular formula is C21H17FN2O2S2. The minimum atomic E-state index is -0.357. The van der Waals surface area contributed by atoms with E-state index in [0.29, 0.717) is 33.6 Å². The van der Waals surface area contributed by atoms with Gasteiger partial charge in [0.15, 0.2) is 5.78 Å². The molecule has 0 radical (unpaired) electrons. The number of aryl methyl sites for hydroxylation is 2. The Bertz CT molecular complexity index is 1240. The fraction of sp³-hybridized carbons (Fsp3) is 0.190. The Morgan fingerprint density at radius 3 is 2.75 bits per heavy atom. The summed E-state index contributed by atoms with van der Waals surface area (Å²) in [6.07, 6.45) is 0.535. The van der Waals surface area contributed by atoms with Gasteiger partial charge in [0.1, 0.15) is 16.5 Å². The van der Waals surface area contributed by atoms with Crippen molar-refractivity contribution in [2.75, 3.05) is 0 Å². The van der Waals surface area contributed by atoms with Gasteiger partial charge in [-0.3, -0.25) is 14.2 Å². The molecule has 0 amide bonds. The first-order chi connectivity index (χ1) is 13.5. The van der Waals surface area contributed by atoms with Gasteiger partial charge in [0.25, 0.3) is 5.56 Å². The van der Waals surface area contributed by atoms with Crippen LogP contribution in [0.3, 0.4) is 0 Å². The minimum Gasteiger partial charge on any atom is -0.292 e. The van der Waals surface area contributed by atoms with Gasteiger partial charge in [-0.05, 0) is 42.1 Å². The number of carbonyl (C=O) groups is 1. The van der Waals surface area contributed by atoms with E-state index < -0.39 is 0 Å². The van der Waals surface area contributed by atoms with Crippen LogP contribution in [0.5, 0.6) is 0 Å². The third-order valence-corrected chi connectivity index (χ3v) is 6.43. The fourth-order valence-corrected chi connectivity index (χ4v) is 4.94. The van der Waals surface area contributed by atoms with Gasteiger partial charge < -0.3 is 0 Å². The predicted octanol–water partition coefficient (Wildman–Crippen LogP) is 5.08. The summed E-state index contributed by atoms with van der Waals surface area (Å²) in [6, 6.07) is 8.16. The molecule has 0 unspecified atom stereocenters. The number of hydrogen-bond donors (Lipinski definition) is 0. The first kappa shape index (κ1) is 18.7. The average molecular weight is 413 g/mol. The van der Waals surface area contributed by atoms with Gasteiger partial charge in [0.2, 0.25) is 0 Å². The minimum absolute atomic E-state index is 0.115. The van der Waals surface area contributed by atoms with Gasteiger partial charge in [-0.2, -0.15) is 0 Å². The molecule has 0 spiro atoms. The summed E-state index contributed by atoms with van der Waals surface area (Å²) in [7, 11) is 0. The van der Waals surface area contributed by atoms with Crippen molar-refractivity contribution in [3.8, 4) is 10.4 Å². The van der Waals surface area contributed by atoms with Crippen LogP contribution in [0.1, 0.15) is 28.7 Å². The van der Waals surface area contributed by atoms with Gasteiger partial charge in [0.05, 0.1) is 11.9 Å². The van der Waals surface area contributed by atoms with Crippen molar-refractivity contribution >= 4 is 38.7 Å². The van der Waals surface area contributed by atoms with Gasteiger partial charge in [-0.1, -0.05) is 13.0 Å². The Kier molecular flexibility index (Phi) is 4.95. The first-order valence-corrected chi connectivity index (χ1v) is 10.6. The molecular weight excluding hydrogens is 395 g/mol. The van der Waals surface area contributed by atoms with Crippen molar-refractivity contribution in [1.82, 2.24) is 9.55 Å². The Hall–Kier alpha value is -2.64. The number of Topliss-reactive ketones (excluding diaryl/α,β-unsaturated/α-hetero) is 1. The molecule has 4 rings (SSSR count). The van der Waals surface area contributed by atoms with Crippen LogP contribution in [0.25, 0.3) is 20.7 Å². The van der Waals surface area contributed by atoms with Gasteiger partial charge in [-0.15, -0.1) is 22.7 Å². The second-order valence-corrected chi connectivity index (χ2v) is 8.27. The SMILES string of the molecule is CCc1nc2scc(-c3cccs3)c2c(=O)n1CC(=O)c1ccc(F)c(C)c1. The molecule has 3 aromatic heterocycles. The van der Waals surface area contributed by atoms with E-state index in [0.717, 1.165) is 10.4 Å². The fourth-order valence-electron chi connectivity index (χ4n) is 3.17. The van der Waals surface area contributed by atoms with Crippen molar-refractivity contribution in [3.05, 3.63) is 74.2 Å². The van der Waals surface area contributed by atoms with Crippen LogP contribution >= 0.6 is 22.7 Å². The smallest absolute Gasteiger partial charge is 0.263 e. The summed E-state index contributed by atoms with van der Waals surface area (Å²) in [4.78, 5) is 32.4. The van der Waals surface area contributed by atoms with Crippen LogP contribution in [0, 0.1) is 12.7 Å². The van der Waals surface area contributed by atoms with E-state index >= 15 is 0 Å². The van der Waals surface area contributed by atoms with Crippen LogP contribution in [-0.2, 0) is 13.0 Å². The number of thiophene rings is 2. The Balaban J connectivity index is 1.82. The number of carbonyl (C=O) groups excluding carboxylic acids is 1. The molecule has 0 aliphatic carbocycles. The highest BCUT2D eigenvalue weighted by atomic mass is 32.1. The monoisotopic (exact) mass is 412 g/mol. The van der Waals surface area contributed by atoms with Crippen molar-refractivity contribution < 1.29 is 9.18 Å². The zero-order chi connectivity index (χ0) is 19.8. The Labute approximate surface area is 168 Å². The summed E-state index contributed by atoms with van der Waals surface area (Å²) in [6.45, 7) is 3.40. The van der Waals surface area contributed by atoms with Gasteiger partial charge >= 0.3 is 0 Å². The normalized spacial score (nSPS) is 11.2. The van der Waals surface area contributed by atoms with Crippen molar-refractivity contribution in [3.63, 3.8) is 0 Å². The molecule has 142 valence electrons. The van der Waals surface area contributed by atoms with Crippen molar-refractivity contribution in [1.29, 1.82) is 0 Å². The number of ketones is 1. The zero-order valence-electron chi connectivity index (χ0n) is 15.4. The highest BCUT2D eigenvalue weighted by Gasteiger charge is 2.19. The Morgan fingerprint density at radius 1 is 1.25 bits per heavy atom. The van der Waals surface area contributed by atoms with Gasteiger partial charge in [-0.25, -0.2) is 9.37 Å². The van der Waals surface area contributed by atoms with Crippen LogP contribution in [0.2, 0.25) is 0 Å². The molecule has 7 heteroatoms. The van der Waals surface area contributed by atoms with E-state index in [4.69, 9.17) is 0 Å². The summed E-state index contributed by atoms with van der Waals surface area (Å²) in [5.74, 6) is -0.0249. The number of nitrogens with zero attached hydrogens (tertiary/aromatic N) is 2. The predicted molar refractivity (Wildman–Crippen MR) is 112 cm³/mol. The van der Waals surface area contributed by atoms with Crippen LogP contribution in [0.15, 0.2) is 45.9 Å². The topological polar surface area (TPSA) is 52.0 Å². The second kappa shape index (κ2) is 7.41. The number of rotatable bonds is 5.